The Kier molecular flexibility index (Phi) is 5.61. The Balaban J connectivity index is 1.43. The van der Waals surface area contributed by atoms with Gasteiger partial charge >= 0.3 is 6.03 Å². The highest BCUT2D eigenvalue weighted by molar-refractivity contribution is 6.30. The molecule has 29 heavy (non-hydrogen) atoms. The van der Waals surface area contributed by atoms with E-state index in [1.165, 1.54) is 0 Å². The number of aromatic nitrogens is 2. The molecule has 0 aliphatic carbocycles. The van der Waals surface area contributed by atoms with E-state index in [4.69, 9.17) is 21.3 Å². The molecule has 3 heterocycles. The second kappa shape index (κ2) is 8.16. The van der Waals surface area contributed by atoms with Crippen molar-refractivity contribution < 1.29 is 9.53 Å². The van der Waals surface area contributed by atoms with Crippen LogP contribution in [0.25, 0.3) is 0 Å². The molecular formula is C21H26ClN5O2. The van der Waals surface area contributed by atoms with Crippen LogP contribution >= 0.6 is 11.6 Å². The lowest BCUT2D eigenvalue weighted by Crippen LogP contribution is -2.45. The summed E-state index contributed by atoms with van der Waals surface area (Å²) in [6, 6.07) is 7.68. The molecule has 1 aromatic carbocycles. The fourth-order valence-electron chi connectivity index (χ4n) is 3.88. The number of hydrogen-bond donors (Lipinski definition) is 2. The minimum absolute atomic E-state index is 0.132. The molecular weight excluding hydrogens is 390 g/mol. The number of hydrogen-bond acceptors (Lipinski definition) is 5. The van der Waals surface area contributed by atoms with Gasteiger partial charge in [-0.3, -0.25) is 0 Å². The van der Waals surface area contributed by atoms with Gasteiger partial charge in [0.05, 0.1) is 17.8 Å². The quantitative estimate of drug-likeness (QED) is 0.796. The van der Waals surface area contributed by atoms with Gasteiger partial charge in [-0.2, -0.15) is 0 Å². The van der Waals surface area contributed by atoms with Crippen molar-refractivity contribution in [2.75, 3.05) is 18.5 Å². The first-order valence-corrected chi connectivity index (χ1v) is 10.3. The van der Waals surface area contributed by atoms with Crippen molar-refractivity contribution in [2.24, 2.45) is 0 Å². The van der Waals surface area contributed by atoms with Crippen molar-refractivity contribution in [1.82, 2.24) is 20.2 Å². The number of nitrogens with zero attached hydrogens (tertiary/aromatic N) is 3. The van der Waals surface area contributed by atoms with E-state index in [9.17, 15) is 4.79 Å². The third-order valence-electron chi connectivity index (χ3n) is 5.64. The van der Waals surface area contributed by atoms with Crippen LogP contribution in [-0.4, -0.2) is 40.2 Å². The zero-order chi connectivity index (χ0) is 20.4. The van der Waals surface area contributed by atoms with Gasteiger partial charge in [0, 0.05) is 42.6 Å². The lowest BCUT2D eigenvalue weighted by molar-refractivity contribution is 0.0903. The Morgan fingerprint density at radius 1 is 1.34 bits per heavy atom. The number of fused-ring (bicyclic) bond motifs is 1. The van der Waals surface area contributed by atoms with Crippen LogP contribution in [0.3, 0.4) is 0 Å². The van der Waals surface area contributed by atoms with Crippen LogP contribution in [-0.2, 0) is 23.4 Å². The van der Waals surface area contributed by atoms with E-state index in [1.54, 1.807) is 4.90 Å². The topological polar surface area (TPSA) is 79.4 Å². The van der Waals surface area contributed by atoms with Crippen molar-refractivity contribution in [3.63, 3.8) is 0 Å². The summed E-state index contributed by atoms with van der Waals surface area (Å²) in [6.45, 7) is 6.44. The van der Waals surface area contributed by atoms with Gasteiger partial charge in [-0.1, -0.05) is 23.7 Å². The highest BCUT2D eigenvalue weighted by atomic mass is 35.5. The van der Waals surface area contributed by atoms with Gasteiger partial charge in [0.1, 0.15) is 0 Å². The summed E-state index contributed by atoms with van der Waals surface area (Å²) in [5.41, 5.74) is 2.35. The molecule has 0 atom stereocenters. The summed E-state index contributed by atoms with van der Waals surface area (Å²) < 4.78 is 5.40. The van der Waals surface area contributed by atoms with Gasteiger partial charge in [-0.25, -0.2) is 14.8 Å². The molecule has 1 saturated heterocycles. The SMILES string of the molecule is CC1(C)c2cnc(NC3CCOCC3)nc2CN1C(=O)NCc1cccc(Cl)c1. The first-order valence-electron chi connectivity index (χ1n) is 9.94. The average Bonchev–Trinajstić information content (AvgIpc) is 2.97. The van der Waals surface area contributed by atoms with E-state index in [2.05, 4.69) is 15.6 Å². The van der Waals surface area contributed by atoms with E-state index >= 15 is 0 Å². The maximum Gasteiger partial charge on any atom is 0.318 e. The first kappa shape index (κ1) is 19.9. The fraction of sp³-hybridized carbons (Fsp3) is 0.476. The summed E-state index contributed by atoms with van der Waals surface area (Å²) in [4.78, 5) is 23.9. The number of rotatable bonds is 4. The number of carbonyl (C=O) groups is 1. The van der Waals surface area contributed by atoms with Gasteiger partial charge < -0.3 is 20.3 Å². The van der Waals surface area contributed by atoms with E-state index in [0.717, 1.165) is 42.9 Å². The van der Waals surface area contributed by atoms with Gasteiger partial charge in [0.2, 0.25) is 5.95 Å². The molecule has 2 amide bonds. The van der Waals surface area contributed by atoms with E-state index in [-0.39, 0.29) is 6.03 Å². The molecule has 0 spiro atoms. The standard InChI is InChI=1S/C21H26ClN5O2/c1-21(2)17-12-23-19(25-16-6-8-29-9-7-16)26-18(17)13-27(21)20(28)24-11-14-4-3-5-15(22)10-14/h3-5,10,12,16H,6-9,11,13H2,1-2H3,(H,24,28)(H,23,25,26). The van der Waals surface area contributed by atoms with Crippen LogP contribution in [0, 0.1) is 0 Å². The number of benzene rings is 1. The zero-order valence-corrected chi connectivity index (χ0v) is 17.5. The molecule has 0 radical (unpaired) electrons. The molecule has 2 aliphatic heterocycles. The predicted octanol–water partition coefficient (Wildman–Crippen LogP) is 3.68. The number of carbonyl (C=O) groups excluding carboxylic acids is 1. The predicted molar refractivity (Wildman–Crippen MR) is 112 cm³/mol. The Hall–Kier alpha value is -2.38. The summed E-state index contributed by atoms with van der Waals surface area (Å²) in [5.74, 6) is 0.618. The normalized spacial score (nSPS) is 18.4. The summed E-state index contributed by atoms with van der Waals surface area (Å²) in [7, 11) is 0. The Morgan fingerprint density at radius 3 is 2.90 bits per heavy atom. The molecule has 8 heteroatoms. The van der Waals surface area contributed by atoms with Crippen LogP contribution in [0.15, 0.2) is 30.5 Å². The maximum atomic E-state index is 12.9. The molecule has 0 saturated carbocycles. The second-order valence-corrected chi connectivity index (χ2v) is 8.46. The van der Waals surface area contributed by atoms with Crippen LogP contribution in [0.4, 0.5) is 10.7 Å². The van der Waals surface area contributed by atoms with Gasteiger partial charge in [0.15, 0.2) is 0 Å². The van der Waals surface area contributed by atoms with Crippen LogP contribution in [0.5, 0.6) is 0 Å². The molecule has 2 N–H and O–H groups in total. The van der Waals surface area contributed by atoms with Crippen LogP contribution in [0.2, 0.25) is 5.02 Å². The Morgan fingerprint density at radius 2 is 2.14 bits per heavy atom. The summed E-state index contributed by atoms with van der Waals surface area (Å²) in [5, 5.41) is 7.05. The molecule has 2 aromatic rings. The molecule has 7 nitrogen and oxygen atoms in total. The first-order chi connectivity index (χ1) is 13.9. The molecule has 0 bridgehead atoms. The second-order valence-electron chi connectivity index (χ2n) is 8.02. The monoisotopic (exact) mass is 415 g/mol. The van der Waals surface area contributed by atoms with Crippen molar-refractivity contribution in [1.29, 1.82) is 0 Å². The molecule has 1 fully saturated rings. The molecule has 4 rings (SSSR count). The lowest BCUT2D eigenvalue weighted by atomic mass is 9.97. The minimum Gasteiger partial charge on any atom is -0.381 e. The summed E-state index contributed by atoms with van der Waals surface area (Å²) in [6.07, 6.45) is 3.74. The van der Waals surface area contributed by atoms with Crippen molar-refractivity contribution in [3.8, 4) is 0 Å². The molecule has 154 valence electrons. The number of urea groups is 1. The number of halogens is 1. The van der Waals surface area contributed by atoms with E-state index in [1.807, 2.05) is 44.3 Å². The summed E-state index contributed by atoms with van der Waals surface area (Å²) >= 11 is 6.03. The fourth-order valence-corrected chi connectivity index (χ4v) is 4.09. The molecule has 2 aliphatic rings. The van der Waals surface area contributed by atoms with Crippen molar-refractivity contribution >= 4 is 23.6 Å². The smallest absolute Gasteiger partial charge is 0.318 e. The van der Waals surface area contributed by atoms with Gasteiger partial charge in [-0.05, 0) is 44.4 Å². The average molecular weight is 416 g/mol. The number of ether oxygens (including phenoxy) is 1. The lowest BCUT2D eigenvalue weighted by Gasteiger charge is -2.32. The number of anilines is 1. The Labute approximate surface area is 175 Å². The highest BCUT2D eigenvalue weighted by Crippen LogP contribution is 2.37. The van der Waals surface area contributed by atoms with E-state index in [0.29, 0.717) is 30.1 Å². The maximum absolute atomic E-state index is 12.9. The van der Waals surface area contributed by atoms with Crippen LogP contribution in [0.1, 0.15) is 43.5 Å². The van der Waals surface area contributed by atoms with Gasteiger partial charge in [0.25, 0.3) is 0 Å². The highest BCUT2D eigenvalue weighted by Gasteiger charge is 2.41. The van der Waals surface area contributed by atoms with Crippen molar-refractivity contribution in [2.45, 2.75) is 51.4 Å². The number of nitrogens with one attached hydrogen (secondary N) is 2. The minimum atomic E-state index is -0.481. The molecule has 0 unspecified atom stereocenters. The van der Waals surface area contributed by atoms with Gasteiger partial charge in [-0.15, -0.1) is 0 Å². The number of amides is 2. The molecule has 1 aromatic heterocycles. The van der Waals surface area contributed by atoms with E-state index < -0.39 is 5.54 Å². The largest absolute Gasteiger partial charge is 0.381 e. The third-order valence-corrected chi connectivity index (χ3v) is 5.88. The zero-order valence-electron chi connectivity index (χ0n) is 16.7. The van der Waals surface area contributed by atoms with Crippen LogP contribution < -0.4 is 10.6 Å². The Bertz CT molecular complexity index is 898. The third kappa shape index (κ3) is 4.31. The van der Waals surface area contributed by atoms with Crippen molar-refractivity contribution in [3.05, 3.63) is 52.3 Å².